The number of ether oxygens (including phenoxy) is 1. The molecule has 0 radical (unpaired) electrons. The van der Waals surface area contributed by atoms with Gasteiger partial charge in [-0.1, -0.05) is 11.8 Å². The Labute approximate surface area is 177 Å². The molecule has 0 spiro atoms. The van der Waals surface area contributed by atoms with E-state index >= 15 is 0 Å². The van der Waals surface area contributed by atoms with Crippen LogP contribution in [0, 0.1) is 0 Å². The number of carbonyl (C=O) groups is 2. The number of hydrogen-bond donors (Lipinski definition) is 0. The number of aryl methyl sites for hydroxylation is 1. The van der Waals surface area contributed by atoms with Crippen LogP contribution >= 0.6 is 11.8 Å². The molecule has 0 aliphatic carbocycles. The highest BCUT2D eigenvalue weighted by Crippen LogP contribution is 2.29. The highest BCUT2D eigenvalue weighted by molar-refractivity contribution is 8.04. The first kappa shape index (κ1) is 22.6. The second-order valence-corrected chi connectivity index (χ2v) is 7.55. The van der Waals surface area contributed by atoms with E-state index in [0.29, 0.717) is 11.1 Å². The third kappa shape index (κ3) is 4.50. The highest BCUT2D eigenvalue weighted by atomic mass is 32.2. The highest BCUT2D eigenvalue weighted by Gasteiger charge is 2.33. The number of esters is 1. The number of fused-ring (bicyclic) bond motifs is 1. The molecular weight excluding hydrogens is 441 g/mol. The van der Waals surface area contributed by atoms with E-state index in [1.54, 1.807) is 0 Å². The van der Waals surface area contributed by atoms with Crippen LogP contribution in [0.1, 0.15) is 12.1 Å². The van der Waals surface area contributed by atoms with Crippen LogP contribution in [-0.4, -0.2) is 50.3 Å². The minimum atomic E-state index is -4.71. The molecule has 0 unspecified atom stereocenters. The molecule has 1 fully saturated rings. The summed E-state index contributed by atoms with van der Waals surface area (Å²) in [4.78, 5) is 53.5. The van der Waals surface area contributed by atoms with Crippen LogP contribution in [0.3, 0.4) is 0 Å². The van der Waals surface area contributed by atoms with Crippen molar-refractivity contribution in [1.82, 2.24) is 19.0 Å². The predicted molar refractivity (Wildman–Crippen MR) is 105 cm³/mol. The monoisotopic (exact) mass is 458 g/mol. The summed E-state index contributed by atoms with van der Waals surface area (Å²) in [5.74, 6) is -0.705. The maximum Gasteiger partial charge on any atom is 0.433 e. The Hall–Kier alpha value is -3.09. The van der Waals surface area contributed by atoms with Crippen LogP contribution in [-0.2, 0) is 34.1 Å². The van der Waals surface area contributed by atoms with Gasteiger partial charge in [0.05, 0.1) is 29.4 Å². The zero-order chi connectivity index (χ0) is 22.9. The van der Waals surface area contributed by atoms with Gasteiger partial charge in [-0.15, -0.1) is 0 Å². The Morgan fingerprint density at radius 1 is 1.26 bits per heavy atom. The maximum atomic E-state index is 12.9. The zero-order valence-electron chi connectivity index (χ0n) is 16.4. The molecule has 166 valence electrons. The van der Waals surface area contributed by atoms with Crippen LogP contribution in [0.15, 0.2) is 32.8 Å². The molecule has 1 amide bonds. The normalized spacial score (nSPS) is 15.8. The minimum absolute atomic E-state index is 0.0809. The van der Waals surface area contributed by atoms with Gasteiger partial charge in [0.1, 0.15) is 11.3 Å². The fourth-order valence-corrected chi connectivity index (χ4v) is 4.00. The van der Waals surface area contributed by atoms with E-state index in [2.05, 4.69) is 9.72 Å². The van der Waals surface area contributed by atoms with E-state index in [-0.39, 0.29) is 42.2 Å². The van der Waals surface area contributed by atoms with Crippen molar-refractivity contribution >= 4 is 34.7 Å². The lowest BCUT2D eigenvalue weighted by molar-refractivity contribution is -0.141. The molecule has 0 aromatic carbocycles. The second kappa shape index (κ2) is 8.57. The Kier molecular flexibility index (Phi) is 6.25. The van der Waals surface area contributed by atoms with Crippen molar-refractivity contribution in [3.63, 3.8) is 0 Å². The lowest BCUT2D eigenvalue weighted by atomic mass is 10.2. The summed E-state index contributed by atoms with van der Waals surface area (Å²) in [6.07, 6.45) is -3.34. The van der Waals surface area contributed by atoms with Crippen LogP contribution in [0.4, 0.5) is 13.2 Å². The fourth-order valence-electron chi connectivity index (χ4n) is 3.05. The van der Waals surface area contributed by atoms with Gasteiger partial charge < -0.3 is 9.64 Å². The molecule has 9 nitrogen and oxygen atoms in total. The van der Waals surface area contributed by atoms with Gasteiger partial charge in [-0.25, -0.2) is 14.6 Å². The van der Waals surface area contributed by atoms with E-state index in [1.807, 2.05) is 0 Å². The smallest absolute Gasteiger partial charge is 0.433 e. The van der Waals surface area contributed by atoms with Crippen molar-refractivity contribution < 1.29 is 27.5 Å². The van der Waals surface area contributed by atoms with Gasteiger partial charge in [0, 0.05) is 20.1 Å². The number of methoxy groups -OCH3 is 1. The number of aromatic nitrogens is 3. The van der Waals surface area contributed by atoms with Gasteiger partial charge in [-0.05, 0) is 18.6 Å². The van der Waals surface area contributed by atoms with Crippen molar-refractivity contribution in [3.05, 3.63) is 49.8 Å². The number of pyridine rings is 1. The van der Waals surface area contributed by atoms with Gasteiger partial charge in [0.25, 0.3) is 5.56 Å². The molecule has 1 aliphatic heterocycles. The predicted octanol–water partition coefficient (Wildman–Crippen LogP) is 1.09. The molecule has 1 saturated heterocycles. The molecule has 0 N–H and O–H groups in total. The van der Waals surface area contributed by atoms with E-state index < -0.39 is 29.1 Å². The van der Waals surface area contributed by atoms with Crippen LogP contribution in [0.5, 0.6) is 0 Å². The van der Waals surface area contributed by atoms with Crippen molar-refractivity contribution in [2.24, 2.45) is 7.05 Å². The second-order valence-electron chi connectivity index (χ2n) is 6.56. The largest absolute Gasteiger partial charge is 0.466 e. The zero-order valence-corrected chi connectivity index (χ0v) is 17.2. The molecule has 31 heavy (non-hydrogen) atoms. The Morgan fingerprint density at radius 3 is 2.61 bits per heavy atom. The minimum Gasteiger partial charge on any atom is -0.466 e. The molecule has 0 saturated carbocycles. The van der Waals surface area contributed by atoms with Crippen molar-refractivity contribution in [1.29, 1.82) is 0 Å². The van der Waals surface area contributed by atoms with Crippen LogP contribution in [0.25, 0.3) is 11.0 Å². The number of carbonyl (C=O) groups excluding carboxylic acids is 2. The van der Waals surface area contributed by atoms with E-state index in [1.165, 1.54) is 25.1 Å². The third-order valence-corrected chi connectivity index (χ3v) is 5.62. The molecule has 0 bridgehead atoms. The quantitative estimate of drug-likeness (QED) is 0.488. The Balaban J connectivity index is 1.86. The first-order valence-corrected chi connectivity index (χ1v) is 9.93. The summed E-state index contributed by atoms with van der Waals surface area (Å²) in [6, 6.07) is 1.67. The molecule has 13 heteroatoms. The number of amides is 1. The molecule has 2 aromatic heterocycles. The average molecular weight is 458 g/mol. The third-order valence-electron chi connectivity index (χ3n) is 4.59. The maximum absolute atomic E-state index is 12.9. The molecule has 0 atom stereocenters. The van der Waals surface area contributed by atoms with Gasteiger partial charge >= 0.3 is 17.8 Å². The van der Waals surface area contributed by atoms with E-state index in [9.17, 15) is 32.3 Å². The molecule has 1 aliphatic rings. The standard InChI is InChI=1S/C18H17F3N4O5S/c1-23-15-10(4-5-11(22-15)18(19,20)21)16(28)25(17(23)29)7-3-6-24-12(26)9-31-13(24)8-14(27)30-2/h4-5,8H,3,6-7,9H2,1-2H3/b13-8+. The summed E-state index contributed by atoms with van der Waals surface area (Å²) in [5, 5.41) is 0.272. The number of rotatable bonds is 5. The summed E-state index contributed by atoms with van der Waals surface area (Å²) >= 11 is 1.16. The van der Waals surface area contributed by atoms with Crippen molar-refractivity contribution in [3.8, 4) is 0 Å². The molecule has 2 aromatic rings. The van der Waals surface area contributed by atoms with Crippen molar-refractivity contribution in [2.75, 3.05) is 19.4 Å². The topological polar surface area (TPSA) is 104 Å². The summed E-state index contributed by atoms with van der Waals surface area (Å²) in [6.45, 7) is 0.0516. The molecule has 3 rings (SSSR count). The van der Waals surface area contributed by atoms with Crippen molar-refractivity contribution in [2.45, 2.75) is 19.1 Å². The summed E-state index contributed by atoms with van der Waals surface area (Å²) in [7, 11) is 2.44. The van der Waals surface area contributed by atoms with Gasteiger partial charge in [0.15, 0.2) is 0 Å². The lowest BCUT2D eigenvalue weighted by Gasteiger charge is -2.17. The first-order chi connectivity index (χ1) is 14.5. The van der Waals surface area contributed by atoms with E-state index in [4.69, 9.17) is 0 Å². The fraction of sp³-hybridized carbons (Fsp3) is 0.389. The number of halogens is 3. The molecular formula is C18H17F3N4O5S. The van der Waals surface area contributed by atoms with Gasteiger partial charge in [0.2, 0.25) is 5.91 Å². The number of nitrogens with zero attached hydrogens (tertiary/aromatic N) is 4. The lowest BCUT2D eigenvalue weighted by Crippen LogP contribution is -2.40. The van der Waals surface area contributed by atoms with Crippen LogP contribution in [0.2, 0.25) is 0 Å². The first-order valence-electron chi connectivity index (χ1n) is 8.95. The Morgan fingerprint density at radius 2 is 1.97 bits per heavy atom. The van der Waals surface area contributed by atoms with Gasteiger partial charge in [-0.2, -0.15) is 13.2 Å². The Bertz CT molecular complexity index is 1200. The van der Waals surface area contributed by atoms with Crippen LogP contribution < -0.4 is 11.2 Å². The average Bonchev–Trinajstić information content (AvgIpc) is 3.06. The summed E-state index contributed by atoms with van der Waals surface area (Å²) in [5.41, 5.74) is -3.17. The summed E-state index contributed by atoms with van der Waals surface area (Å²) < 4.78 is 45.0. The SMILES string of the molecule is COC(=O)/C=C1/SCC(=O)N1CCCn1c(=O)c2ccc(C(F)(F)F)nc2n(C)c1=O. The van der Waals surface area contributed by atoms with Gasteiger partial charge in [-0.3, -0.25) is 18.7 Å². The number of thioether (sulfide) groups is 1. The number of hydrogen-bond acceptors (Lipinski definition) is 7. The molecule has 3 heterocycles. The van der Waals surface area contributed by atoms with E-state index in [0.717, 1.165) is 27.0 Å². The number of alkyl halides is 3.